The van der Waals surface area contributed by atoms with Gasteiger partial charge in [0.1, 0.15) is 11.5 Å². The third kappa shape index (κ3) is 5.61. The minimum atomic E-state index is 0.562. The molecule has 0 amide bonds. The van der Waals surface area contributed by atoms with E-state index in [1.165, 1.54) is 19.3 Å². The van der Waals surface area contributed by atoms with Crippen LogP contribution in [0.5, 0.6) is 11.5 Å². The third-order valence-electron chi connectivity index (χ3n) is 3.74. The zero-order valence-electron chi connectivity index (χ0n) is 14.4. The second kappa shape index (κ2) is 9.60. The van der Waals surface area contributed by atoms with Crippen molar-refractivity contribution in [3.05, 3.63) is 59.3 Å². The van der Waals surface area contributed by atoms with Crippen LogP contribution in [0.15, 0.2) is 48.5 Å². The highest BCUT2D eigenvalue weighted by atomic mass is 16.5. The van der Waals surface area contributed by atoms with Crippen molar-refractivity contribution in [3.63, 3.8) is 0 Å². The molecular weight excluding hydrogens is 302 g/mol. The summed E-state index contributed by atoms with van der Waals surface area (Å²) in [5.41, 5.74) is 1.39. The van der Waals surface area contributed by atoms with Crippen LogP contribution in [0.25, 0.3) is 0 Å². The number of rotatable bonds is 9. The van der Waals surface area contributed by atoms with Crippen LogP contribution in [0.4, 0.5) is 5.69 Å². The lowest BCUT2D eigenvalue weighted by atomic mass is 10.2. The molecule has 0 N–H and O–H groups in total. The van der Waals surface area contributed by atoms with E-state index in [2.05, 4.69) is 6.92 Å². The molecule has 0 radical (unpaired) electrons. The molecule has 0 fully saturated rings. The van der Waals surface area contributed by atoms with E-state index in [-0.39, 0.29) is 0 Å². The lowest BCUT2D eigenvalue weighted by Gasteiger charge is -2.06. The summed E-state index contributed by atoms with van der Waals surface area (Å²) in [5, 5.41) is 12.2. The molecule has 0 atom stereocenters. The number of unbranched alkanes of at least 4 members (excludes halogenated alkanes) is 3. The lowest BCUT2D eigenvalue weighted by Crippen LogP contribution is -2.00. The van der Waals surface area contributed by atoms with Gasteiger partial charge in [0.2, 0.25) is 5.69 Å². The van der Waals surface area contributed by atoms with E-state index in [1.807, 2.05) is 24.3 Å². The highest BCUT2D eigenvalue weighted by Gasteiger charge is 2.03. The first-order chi connectivity index (χ1) is 11.7. The first kappa shape index (κ1) is 17.9. The molecule has 0 aliphatic rings. The Morgan fingerprint density at radius 3 is 2.21 bits per heavy atom. The van der Waals surface area contributed by atoms with Crippen molar-refractivity contribution in [1.82, 2.24) is 0 Å². The Hall–Kier alpha value is -2.49. The molecule has 0 aromatic heterocycles. The molecule has 0 saturated heterocycles. The summed E-state index contributed by atoms with van der Waals surface area (Å²) < 4.78 is 11.6. The van der Waals surface area contributed by atoms with E-state index < -0.39 is 0 Å². The van der Waals surface area contributed by atoms with Crippen LogP contribution in [0.3, 0.4) is 0 Å². The minimum absolute atomic E-state index is 0.562. The van der Waals surface area contributed by atoms with Gasteiger partial charge < -0.3 is 14.7 Å². The molecule has 2 aromatic rings. The van der Waals surface area contributed by atoms with Crippen molar-refractivity contribution in [2.75, 3.05) is 13.7 Å². The zero-order chi connectivity index (χ0) is 17.2. The molecule has 0 aliphatic heterocycles. The van der Waals surface area contributed by atoms with Gasteiger partial charge >= 0.3 is 0 Å². The van der Waals surface area contributed by atoms with Gasteiger partial charge in [0.15, 0.2) is 6.21 Å². The highest BCUT2D eigenvalue weighted by Crippen LogP contribution is 2.18. The molecule has 2 aromatic carbocycles. The quantitative estimate of drug-likeness (QED) is 0.216. The zero-order valence-corrected chi connectivity index (χ0v) is 14.4. The summed E-state index contributed by atoms with van der Waals surface area (Å²) >= 11 is 0. The van der Waals surface area contributed by atoms with Gasteiger partial charge in [0.05, 0.1) is 13.7 Å². The van der Waals surface area contributed by atoms with Gasteiger partial charge in [-0.1, -0.05) is 26.2 Å². The summed E-state index contributed by atoms with van der Waals surface area (Å²) in [6, 6.07) is 14.6. The third-order valence-corrected chi connectivity index (χ3v) is 3.74. The fraction of sp³-hybridized carbons (Fsp3) is 0.350. The Morgan fingerprint density at radius 2 is 1.58 bits per heavy atom. The molecule has 128 valence electrons. The van der Waals surface area contributed by atoms with Crippen LogP contribution >= 0.6 is 0 Å². The molecule has 0 bridgehead atoms. The maximum Gasteiger partial charge on any atom is 0.216 e. The molecule has 0 spiro atoms. The molecular formula is C20H25NO3. The Kier molecular flexibility index (Phi) is 7.15. The number of benzene rings is 2. The standard InChI is InChI=1S/C20H25NO3/c1-3-4-5-6-15-24-20-11-7-17(8-12-20)16-21(22)18-9-13-19(23-2)14-10-18/h7-14,16H,3-6,15H2,1-2H3. The maximum absolute atomic E-state index is 12.2. The Balaban J connectivity index is 1.91. The van der Waals surface area contributed by atoms with Crippen LogP contribution in [0, 0.1) is 5.21 Å². The van der Waals surface area contributed by atoms with E-state index in [0.717, 1.165) is 34.8 Å². The number of ether oxygens (including phenoxy) is 2. The van der Waals surface area contributed by atoms with Crippen molar-refractivity contribution in [2.45, 2.75) is 32.6 Å². The Morgan fingerprint density at radius 1 is 0.917 bits per heavy atom. The van der Waals surface area contributed by atoms with Crippen LogP contribution in [-0.4, -0.2) is 24.7 Å². The predicted molar refractivity (Wildman–Crippen MR) is 97.5 cm³/mol. The summed E-state index contributed by atoms with van der Waals surface area (Å²) in [6.07, 6.45) is 6.31. The fourth-order valence-corrected chi connectivity index (χ4v) is 2.31. The van der Waals surface area contributed by atoms with Crippen LogP contribution in [0.2, 0.25) is 0 Å². The number of hydrogen-bond donors (Lipinski definition) is 0. The van der Waals surface area contributed by atoms with Gasteiger partial charge in [-0.05, 0) is 42.8 Å². The van der Waals surface area contributed by atoms with Gasteiger partial charge in [-0.2, -0.15) is 4.74 Å². The average Bonchev–Trinajstić information content (AvgIpc) is 2.63. The van der Waals surface area contributed by atoms with E-state index in [9.17, 15) is 5.21 Å². The monoisotopic (exact) mass is 327 g/mol. The Labute approximate surface area is 143 Å². The number of nitrogens with zero attached hydrogens (tertiary/aromatic N) is 1. The second-order valence-electron chi connectivity index (χ2n) is 5.63. The lowest BCUT2D eigenvalue weighted by molar-refractivity contribution is -0.354. The summed E-state index contributed by atoms with van der Waals surface area (Å²) in [6.45, 7) is 2.93. The number of methoxy groups -OCH3 is 1. The summed E-state index contributed by atoms with van der Waals surface area (Å²) in [7, 11) is 1.60. The second-order valence-corrected chi connectivity index (χ2v) is 5.63. The molecule has 24 heavy (non-hydrogen) atoms. The van der Waals surface area contributed by atoms with Crippen LogP contribution in [0.1, 0.15) is 38.2 Å². The summed E-state index contributed by atoms with van der Waals surface area (Å²) in [4.78, 5) is 0. The fourth-order valence-electron chi connectivity index (χ4n) is 2.31. The van der Waals surface area contributed by atoms with Crippen molar-refractivity contribution in [2.24, 2.45) is 0 Å². The largest absolute Gasteiger partial charge is 0.618 e. The SMILES string of the molecule is CCCCCCOc1ccc(C=[N+]([O-])c2ccc(OC)cc2)cc1. The molecule has 2 rings (SSSR count). The maximum atomic E-state index is 12.2. The van der Waals surface area contributed by atoms with Crippen LogP contribution in [-0.2, 0) is 0 Å². The first-order valence-electron chi connectivity index (χ1n) is 8.41. The normalized spacial score (nSPS) is 11.3. The van der Waals surface area contributed by atoms with Crippen molar-refractivity contribution >= 4 is 11.9 Å². The van der Waals surface area contributed by atoms with Gasteiger partial charge in [-0.3, -0.25) is 0 Å². The smallest absolute Gasteiger partial charge is 0.216 e. The number of hydrogen-bond acceptors (Lipinski definition) is 3. The topological polar surface area (TPSA) is 44.5 Å². The molecule has 0 saturated carbocycles. The van der Waals surface area contributed by atoms with Crippen molar-refractivity contribution in [3.8, 4) is 11.5 Å². The van der Waals surface area contributed by atoms with Crippen LogP contribution < -0.4 is 9.47 Å². The first-order valence-corrected chi connectivity index (χ1v) is 8.41. The van der Waals surface area contributed by atoms with E-state index in [0.29, 0.717) is 5.69 Å². The van der Waals surface area contributed by atoms with Gasteiger partial charge in [-0.25, -0.2) is 0 Å². The van der Waals surface area contributed by atoms with E-state index in [4.69, 9.17) is 9.47 Å². The van der Waals surface area contributed by atoms with Gasteiger partial charge in [0.25, 0.3) is 0 Å². The molecule has 4 heteroatoms. The average molecular weight is 327 g/mol. The molecule has 0 aliphatic carbocycles. The van der Waals surface area contributed by atoms with E-state index >= 15 is 0 Å². The molecule has 4 nitrogen and oxygen atoms in total. The molecule has 0 heterocycles. The van der Waals surface area contributed by atoms with Gasteiger partial charge in [-0.15, -0.1) is 0 Å². The summed E-state index contributed by atoms with van der Waals surface area (Å²) in [5.74, 6) is 1.57. The van der Waals surface area contributed by atoms with Crippen molar-refractivity contribution in [1.29, 1.82) is 0 Å². The van der Waals surface area contributed by atoms with Crippen molar-refractivity contribution < 1.29 is 14.2 Å². The van der Waals surface area contributed by atoms with E-state index in [1.54, 1.807) is 37.6 Å². The van der Waals surface area contributed by atoms with Gasteiger partial charge in [0, 0.05) is 17.7 Å². The highest BCUT2D eigenvalue weighted by molar-refractivity contribution is 5.76. The predicted octanol–water partition coefficient (Wildman–Crippen LogP) is 4.92. The minimum Gasteiger partial charge on any atom is -0.618 e. The Bertz CT molecular complexity index is 633. The molecule has 0 unspecified atom stereocenters.